The molecule has 2 aliphatic rings. The molecule has 2 aromatic carbocycles. The number of hydrogen-bond donors (Lipinski definition) is 0. The number of rotatable bonds is 5. The highest BCUT2D eigenvalue weighted by molar-refractivity contribution is 5.65. The van der Waals surface area contributed by atoms with Crippen molar-refractivity contribution >= 4 is 0 Å². The van der Waals surface area contributed by atoms with E-state index >= 15 is 0 Å². The van der Waals surface area contributed by atoms with Gasteiger partial charge in [-0.2, -0.15) is 0 Å². The summed E-state index contributed by atoms with van der Waals surface area (Å²) in [5, 5.41) is 0. The summed E-state index contributed by atoms with van der Waals surface area (Å²) in [5.41, 5.74) is 4.09. The Morgan fingerprint density at radius 2 is 2.03 bits per heavy atom. The van der Waals surface area contributed by atoms with Crippen LogP contribution in [0.1, 0.15) is 35.8 Å². The SMILES string of the molecule is COc1cc(CN2CCCC(c3nc(C)ncc3-c3ccc(F)cc3)C2)cc2c1OCO2. The molecule has 32 heavy (non-hydrogen) atoms. The molecule has 6 nitrogen and oxygen atoms in total. The summed E-state index contributed by atoms with van der Waals surface area (Å²) >= 11 is 0. The Morgan fingerprint density at radius 1 is 1.19 bits per heavy atom. The third kappa shape index (κ3) is 4.12. The third-order valence-corrected chi connectivity index (χ3v) is 6.11. The molecule has 7 heteroatoms. The molecule has 1 fully saturated rings. The highest BCUT2D eigenvalue weighted by Gasteiger charge is 2.27. The largest absolute Gasteiger partial charge is 0.493 e. The van der Waals surface area contributed by atoms with Crippen molar-refractivity contribution in [3.8, 4) is 28.4 Å². The Bertz CT molecular complexity index is 1120. The fraction of sp³-hybridized carbons (Fsp3) is 0.360. The van der Waals surface area contributed by atoms with Crippen LogP contribution in [-0.4, -0.2) is 41.9 Å². The van der Waals surface area contributed by atoms with Crippen molar-refractivity contribution in [2.45, 2.75) is 32.2 Å². The van der Waals surface area contributed by atoms with Crippen LogP contribution in [-0.2, 0) is 6.54 Å². The molecule has 0 spiro atoms. The first-order chi connectivity index (χ1) is 15.6. The van der Waals surface area contributed by atoms with Gasteiger partial charge in [0.2, 0.25) is 12.5 Å². The maximum Gasteiger partial charge on any atom is 0.231 e. The van der Waals surface area contributed by atoms with Gasteiger partial charge in [0.1, 0.15) is 11.6 Å². The van der Waals surface area contributed by atoms with E-state index in [-0.39, 0.29) is 18.5 Å². The van der Waals surface area contributed by atoms with Crippen molar-refractivity contribution in [2.24, 2.45) is 0 Å². The Morgan fingerprint density at radius 3 is 2.84 bits per heavy atom. The zero-order valence-electron chi connectivity index (χ0n) is 18.3. The summed E-state index contributed by atoms with van der Waals surface area (Å²) in [5.74, 6) is 2.90. The van der Waals surface area contributed by atoms with Crippen LogP contribution in [0.2, 0.25) is 0 Å². The standard InChI is InChI=1S/C25H26FN3O3/c1-16-27-12-21(18-5-7-20(26)8-6-18)24(28-16)19-4-3-9-29(14-19)13-17-10-22(30-2)25-23(11-17)31-15-32-25/h5-8,10-12,19H,3-4,9,13-15H2,1-2H3. The van der Waals surface area contributed by atoms with Gasteiger partial charge in [-0.15, -0.1) is 0 Å². The molecule has 1 aromatic heterocycles. The van der Waals surface area contributed by atoms with Crippen LogP contribution in [0.25, 0.3) is 11.1 Å². The highest BCUT2D eigenvalue weighted by Crippen LogP contribution is 2.42. The summed E-state index contributed by atoms with van der Waals surface area (Å²) in [6, 6.07) is 10.6. The summed E-state index contributed by atoms with van der Waals surface area (Å²) in [6.07, 6.45) is 4.01. The van der Waals surface area contributed by atoms with Crippen LogP contribution in [0.5, 0.6) is 17.2 Å². The van der Waals surface area contributed by atoms with Crippen molar-refractivity contribution in [1.29, 1.82) is 0 Å². The van der Waals surface area contributed by atoms with E-state index in [1.165, 1.54) is 12.1 Å². The lowest BCUT2D eigenvalue weighted by molar-refractivity contribution is 0.171. The number of fused-ring (bicyclic) bond motifs is 1. The van der Waals surface area contributed by atoms with Crippen molar-refractivity contribution in [1.82, 2.24) is 14.9 Å². The molecule has 0 amide bonds. The van der Waals surface area contributed by atoms with E-state index in [1.807, 2.05) is 25.3 Å². The van der Waals surface area contributed by atoms with E-state index in [0.717, 1.165) is 66.4 Å². The monoisotopic (exact) mass is 435 g/mol. The maximum atomic E-state index is 13.5. The maximum absolute atomic E-state index is 13.5. The number of ether oxygens (including phenoxy) is 3. The second kappa shape index (κ2) is 8.74. The Labute approximate surface area is 187 Å². The Kier molecular flexibility index (Phi) is 5.66. The summed E-state index contributed by atoms with van der Waals surface area (Å²) in [4.78, 5) is 11.7. The first-order valence-corrected chi connectivity index (χ1v) is 10.9. The van der Waals surface area contributed by atoms with Gasteiger partial charge < -0.3 is 14.2 Å². The first kappa shape index (κ1) is 20.7. The van der Waals surface area contributed by atoms with Gasteiger partial charge in [0.05, 0.1) is 12.8 Å². The molecule has 0 N–H and O–H groups in total. The van der Waals surface area contributed by atoms with Crippen molar-refractivity contribution in [2.75, 3.05) is 27.0 Å². The second-order valence-electron chi connectivity index (χ2n) is 8.33. The molecule has 0 saturated carbocycles. The molecule has 1 atom stereocenters. The predicted octanol–water partition coefficient (Wildman–Crippen LogP) is 4.71. The number of piperidine rings is 1. The van der Waals surface area contributed by atoms with Crippen LogP contribution in [0.4, 0.5) is 4.39 Å². The van der Waals surface area contributed by atoms with Gasteiger partial charge in [-0.25, -0.2) is 14.4 Å². The minimum atomic E-state index is -0.244. The number of aromatic nitrogens is 2. The molecule has 2 aliphatic heterocycles. The van der Waals surface area contributed by atoms with Crippen molar-refractivity contribution < 1.29 is 18.6 Å². The minimum absolute atomic E-state index is 0.222. The first-order valence-electron chi connectivity index (χ1n) is 10.9. The number of hydrogen-bond acceptors (Lipinski definition) is 6. The average Bonchev–Trinajstić information content (AvgIpc) is 3.28. The van der Waals surface area contributed by atoms with Crippen molar-refractivity contribution in [3.63, 3.8) is 0 Å². The van der Waals surface area contributed by atoms with Crippen molar-refractivity contribution in [3.05, 3.63) is 65.5 Å². The molecule has 3 heterocycles. The number of methoxy groups -OCH3 is 1. The number of likely N-dealkylation sites (tertiary alicyclic amines) is 1. The van der Waals surface area contributed by atoms with Crippen LogP contribution >= 0.6 is 0 Å². The van der Waals surface area contributed by atoms with E-state index in [1.54, 1.807) is 19.2 Å². The molecule has 0 aliphatic carbocycles. The zero-order valence-corrected chi connectivity index (χ0v) is 18.3. The fourth-order valence-electron chi connectivity index (χ4n) is 4.61. The summed E-state index contributed by atoms with van der Waals surface area (Å²) in [6.45, 7) is 4.83. The lowest BCUT2D eigenvalue weighted by atomic mass is 9.89. The van der Waals surface area contributed by atoms with E-state index in [2.05, 4.69) is 9.88 Å². The van der Waals surface area contributed by atoms with Gasteiger partial charge in [-0.3, -0.25) is 4.90 Å². The quantitative estimate of drug-likeness (QED) is 0.579. The lowest BCUT2D eigenvalue weighted by Gasteiger charge is -2.33. The zero-order chi connectivity index (χ0) is 22.1. The fourth-order valence-corrected chi connectivity index (χ4v) is 4.61. The number of benzene rings is 2. The molecule has 1 saturated heterocycles. The molecule has 3 aromatic rings. The minimum Gasteiger partial charge on any atom is -0.493 e. The molecule has 1 unspecified atom stereocenters. The third-order valence-electron chi connectivity index (χ3n) is 6.11. The van der Waals surface area contributed by atoms with Gasteiger partial charge in [0, 0.05) is 30.8 Å². The predicted molar refractivity (Wildman–Crippen MR) is 119 cm³/mol. The topological polar surface area (TPSA) is 56.7 Å². The lowest BCUT2D eigenvalue weighted by Crippen LogP contribution is -2.34. The Balaban J connectivity index is 1.39. The molecular formula is C25H26FN3O3. The normalized spacial score (nSPS) is 18.0. The van der Waals surface area contributed by atoms with Gasteiger partial charge in [-0.1, -0.05) is 12.1 Å². The van der Waals surface area contributed by atoms with Crippen LogP contribution in [0.3, 0.4) is 0 Å². The summed E-state index contributed by atoms with van der Waals surface area (Å²) in [7, 11) is 1.65. The molecule has 5 rings (SSSR count). The Hall–Kier alpha value is -3.19. The summed E-state index contributed by atoms with van der Waals surface area (Å²) < 4.78 is 30.0. The number of nitrogens with zero attached hydrogens (tertiary/aromatic N) is 3. The van der Waals surface area contributed by atoms with Crippen LogP contribution in [0, 0.1) is 12.7 Å². The number of aryl methyl sites for hydroxylation is 1. The van der Waals surface area contributed by atoms with E-state index in [0.29, 0.717) is 11.5 Å². The smallest absolute Gasteiger partial charge is 0.231 e. The van der Waals surface area contributed by atoms with Gasteiger partial charge in [0.25, 0.3) is 0 Å². The van der Waals surface area contributed by atoms with Gasteiger partial charge in [-0.05, 0) is 61.7 Å². The van der Waals surface area contributed by atoms with Crippen LogP contribution in [0.15, 0.2) is 42.6 Å². The van der Waals surface area contributed by atoms with E-state index in [4.69, 9.17) is 19.2 Å². The second-order valence-corrected chi connectivity index (χ2v) is 8.33. The van der Waals surface area contributed by atoms with Gasteiger partial charge in [0.15, 0.2) is 11.5 Å². The van der Waals surface area contributed by atoms with E-state index < -0.39 is 0 Å². The molecule has 0 bridgehead atoms. The number of halogens is 1. The van der Waals surface area contributed by atoms with Crippen LogP contribution < -0.4 is 14.2 Å². The highest BCUT2D eigenvalue weighted by atomic mass is 19.1. The van der Waals surface area contributed by atoms with E-state index in [9.17, 15) is 4.39 Å². The molecule has 0 radical (unpaired) electrons. The van der Waals surface area contributed by atoms with Gasteiger partial charge >= 0.3 is 0 Å². The molecule has 166 valence electrons. The average molecular weight is 435 g/mol. The molecular weight excluding hydrogens is 409 g/mol.